The summed E-state index contributed by atoms with van der Waals surface area (Å²) in [5.41, 5.74) is 1.09. The van der Waals surface area contributed by atoms with Gasteiger partial charge in [-0.25, -0.2) is 9.59 Å². The molecule has 2 rings (SSSR count). The number of carboxylic acids is 1. The highest BCUT2D eigenvalue weighted by Crippen LogP contribution is 2.20. The van der Waals surface area contributed by atoms with Crippen molar-refractivity contribution in [3.63, 3.8) is 0 Å². The SMILES string of the molecule is CCCCCCCCOC(=O)c1c(CCCCCCCC)cccc1C(=O)O.c1cnccn1. The molecule has 0 saturated carbocycles. The van der Waals surface area contributed by atoms with Gasteiger partial charge in [0.25, 0.3) is 0 Å². The molecular weight excluding hydrogens is 428 g/mol. The van der Waals surface area contributed by atoms with E-state index < -0.39 is 11.9 Å². The highest BCUT2D eigenvalue weighted by atomic mass is 16.5. The molecule has 1 aromatic heterocycles. The first-order valence-corrected chi connectivity index (χ1v) is 12.8. The van der Waals surface area contributed by atoms with Crippen LogP contribution >= 0.6 is 0 Å². The van der Waals surface area contributed by atoms with E-state index in [4.69, 9.17) is 4.74 Å². The fourth-order valence-electron chi connectivity index (χ4n) is 3.70. The smallest absolute Gasteiger partial charge is 0.339 e. The van der Waals surface area contributed by atoms with Gasteiger partial charge < -0.3 is 9.84 Å². The standard InChI is InChI=1S/C24H38O4.C4H4N2/c1-3-5-7-9-11-13-16-20-17-15-18-21(23(25)26)22(20)24(27)28-19-14-12-10-8-6-4-2;1-2-6-4-3-5-1/h15,17-18H,3-14,16,19H2,1-2H3,(H,25,26);1-4H. The Morgan fingerprint density at radius 1 is 0.765 bits per heavy atom. The van der Waals surface area contributed by atoms with Crippen LogP contribution in [-0.4, -0.2) is 33.6 Å². The van der Waals surface area contributed by atoms with Gasteiger partial charge in [-0.15, -0.1) is 0 Å². The summed E-state index contributed by atoms with van der Waals surface area (Å²) in [5.74, 6) is -1.57. The second-order valence-corrected chi connectivity index (χ2v) is 8.46. The number of unbranched alkanes of at least 4 members (excludes halogenated alkanes) is 10. The normalized spacial score (nSPS) is 10.3. The first-order valence-electron chi connectivity index (χ1n) is 12.8. The van der Waals surface area contributed by atoms with Gasteiger partial charge in [0.15, 0.2) is 0 Å². The number of benzene rings is 1. The van der Waals surface area contributed by atoms with Crippen molar-refractivity contribution >= 4 is 11.9 Å². The predicted octanol–water partition coefficient (Wildman–Crippen LogP) is 7.28. The number of aromatic nitrogens is 2. The van der Waals surface area contributed by atoms with Crippen molar-refractivity contribution in [2.45, 2.75) is 97.3 Å². The lowest BCUT2D eigenvalue weighted by Crippen LogP contribution is -2.15. The Labute approximate surface area is 205 Å². The van der Waals surface area contributed by atoms with Crippen LogP contribution in [0.1, 0.15) is 117 Å². The van der Waals surface area contributed by atoms with E-state index in [1.807, 2.05) is 6.07 Å². The number of carboxylic acid groups (broad SMARTS) is 1. The molecule has 0 atom stereocenters. The van der Waals surface area contributed by atoms with Crippen LogP contribution in [0.2, 0.25) is 0 Å². The van der Waals surface area contributed by atoms with Crippen LogP contribution in [0, 0.1) is 0 Å². The van der Waals surface area contributed by atoms with E-state index in [-0.39, 0.29) is 11.1 Å². The minimum atomic E-state index is -1.07. The van der Waals surface area contributed by atoms with Gasteiger partial charge in [-0.05, 0) is 30.9 Å². The third-order valence-corrected chi connectivity index (χ3v) is 5.59. The molecule has 0 fully saturated rings. The Balaban J connectivity index is 0.000000830. The van der Waals surface area contributed by atoms with Crippen molar-refractivity contribution in [2.75, 3.05) is 6.61 Å². The zero-order valence-electron chi connectivity index (χ0n) is 21.0. The van der Waals surface area contributed by atoms with E-state index in [1.54, 1.807) is 30.9 Å². The molecule has 2 aromatic rings. The number of ether oxygens (including phenoxy) is 1. The van der Waals surface area contributed by atoms with Gasteiger partial charge >= 0.3 is 11.9 Å². The number of hydrogen-bond donors (Lipinski definition) is 1. The largest absolute Gasteiger partial charge is 0.478 e. The maximum absolute atomic E-state index is 12.6. The van der Waals surface area contributed by atoms with Gasteiger partial charge in [0.2, 0.25) is 0 Å². The summed E-state index contributed by atoms with van der Waals surface area (Å²) in [7, 11) is 0. The molecule has 0 radical (unpaired) electrons. The zero-order valence-corrected chi connectivity index (χ0v) is 21.0. The summed E-state index contributed by atoms with van der Waals surface area (Å²) in [6.07, 6.45) is 20.9. The molecule has 0 aliphatic carbocycles. The second-order valence-electron chi connectivity index (χ2n) is 8.46. The number of carbonyl (C=O) groups is 2. The van der Waals surface area contributed by atoms with Crippen molar-refractivity contribution in [3.05, 3.63) is 59.7 Å². The highest BCUT2D eigenvalue weighted by molar-refractivity contribution is 6.03. The average Bonchev–Trinajstić information content (AvgIpc) is 2.86. The molecule has 0 aliphatic rings. The number of hydrogen-bond acceptors (Lipinski definition) is 5. The van der Waals surface area contributed by atoms with Crippen molar-refractivity contribution < 1.29 is 19.4 Å². The number of nitrogens with zero attached hydrogens (tertiary/aromatic N) is 2. The van der Waals surface area contributed by atoms with Crippen LogP contribution in [0.3, 0.4) is 0 Å². The molecule has 6 nitrogen and oxygen atoms in total. The number of rotatable bonds is 16. The van der Waals surface area contributed by atoms with E-state index in [0.29, 0.717) is 13.0 Å². The lowest BCUT2D eigenvalue weighted by atomic mass is 9.96. The summed E-state index contributed by atoms with van der Waals surface area (Å²) >= 11 is 0. The minimum absolute atomic E-state index is 0.0522. The van der Waals surface area contributed by atoms with Gasteiger partial charge in [0.1, 0.15) is 0 Å². The maximum atomic E-state index is 12.6. The Bertz CT molecular complexity index is 770. The quantitative estimate of drug-likeness (QED) is 0.205. The zero-order chi connectivity index (χ0) is 24.9. The number of aromatic carboxylic acids is 1. The molecule has 6 heteroatoms. The summed E-state index contributed by atoms with van der Waals surface area (Å²) in [5, 5.41) is 9.49. The monoisotopic (exact) mass is 470 g/mol. The Kier molecular flexibility index (Phi) is 16.9. The summed E-state index contributed by atoms with van der Waals surface area (Å²) < 4.78 is 5.42. The molecule has 0 saturated heterocycles. The molecule has 188 valence electrons. The van der Waals surface area contributed by atoms with Gasteiger partial charge in [-0.3, -0.25) is 9.97 Å². The van der Waals surface area contributed by atoms with Gasteiger partial charge in [-0.2, -0.15) is 0 Å². The maximum Gasteiger partial charge on any atom is 0.339 e. The van der Waals surface area contributed by atoms with E-state index >= 15 is 0 Å². The molecule has 0 aliphatic heterocycles. The fraction of sp³-hybridized carbons (Fsp3) is 0.571. The Morgan fingerprint density at radius 2 is 1.29 bits per heavy atom. The summed E-state index contributed by atoms with van der Waals surface area (Å²) in [6.45, 7) is 4.74. The Hall–Kier alpha value is -2.76. The van der Waals surface area contributed by atoms with Crippen LogP contribution in [0.25, 0.3) is 0 Å². The topological polar surface area (TPSA) is 89.4 Å². The van der Waals surface area contributed by atoms with Crippen LogP contribution < -0.4 is 0 Å². The predicted molar refractivity (Wildman–Crippen MR) is 136 cm³/mol. The van der Waals surface area contributed by atoms with Crippen LogP contribution in [0.5, 0.6) is 0 Å². The molecule has 0 unspecified atom stereocenters. The van der Waals surface area contributed by atoms with E-state index in [2.05, 4.69) is 23.8 Å². The van der Waals surface area contributed by atoms with Gasteiger partial charge in [0.05, 0.1) is 17.7 Å². The Morgan fingerprint density at radius 3 is 1.82 bits per heavy atom. The first-order chi connectivity index (χ1) is 16.6. The van der Waals surface area contributed by atoms with E-state index in [9.17, 15) is 14.7 Å². The molecule has 1 aromatic carbocycles. The van der Waals surface area contributed by atoms with Gasteiger partial charge in [0, 0.05) is 24.8 Å². The number of esters is 1. The van der Waals surface area contributed by atoms with Crippen LogP contribution in [0.4, 0.5) is 0 Å². The van der Waals surface area contributed by atoms with Crippen molar-refractivity contribution in [1.29, 1.82) is 0 Å². The second kappa shape index (κ2) is 19.7. The third-order valence-electron chi connectivity index (χ3n) is 5.59. The lowest BCUT2D eigenvalue weighted by molar-refractivity contribution is 0.0486. The van der Waals surface area contributed by atoms with E-state index in [0.717, 1.165) is 37.7 Å². The molecule has 0 bridgehead atoms. The van der Waals surface area contributed by atoms with Crippen LogP contribution in [-0.2, 0) is 11.2 Å². The molecule has 0 spiro atoms. The molecule has 1 heterocycles. The summed E-state index contributed by atoms with van der Waals surface area (Å²) in [4.78, 5) is 31.7. The minimum Gasteiger partial charge on any atom is -0.478 e. The molecular formula is C28H42N2O4. The highest BCUT2D eigenvalue weighted by Gasteiger charge is 2.21. The molecule has 0 amide bonds. The molecule has 1 N–H and O–H groups in total. The number of aryl methyl sites for hydroxylation is 1. The van der Waals surface area contributed by atoms with Crippen LogP contribution in [0.15, 0.2) is 43.0 Å². The summed E-state index contributed by atoms with van der Waals surface area (Å²) in [6, 6.07) is 5.08. The third kappa shape index (κ3) is 13.1. The number of carbonyl (C=O) groups excluding carboxylic acids is 1. The van der Waals surface area contributed by atoms with Crippen molar-refractivity contribution in [2.24, 2.45) is 0 Å². The van der Waals surface area contributed by atoms with Crippen molar-refractivity contribution in [1.82, 2.24) is 9.97 Å². The van der Waals surface area contributed by atoms with E-state index in [1.165, 1.54) is 51.0 Å². The van der Waals surface area contributed by atoms with Gasteiger partial charge in [-0.1, -0.05) is 90.2 Å². The first kappa shape index (κ1) is 29.3. The fourth-order valence-corrected chi connectivity index (χ4v) is 3.70. The molecule has 34 heavy (non-hydrogen) atoms. The average molecular weight is 471 g/mol. The lowest BCUT2D eigenvalue weighted by Gasteiger charge is -2.12. The van der Waals surface area contributed by atoms with Crippen molar-refractivity contribution in [3.8, 4) is 0 Å².